The monoisotopic (exact) mass is 310 g/mol. The van der Waals surface area contributed by atoms with E-state index in [1.165, 1.54) is 12.1 Å². The quantitative estimate of drug-likeness (QED) is 0.478. The minimum atomic E-state index is -0.511. The zero-order valence-corrected chi connectivity index (χ0v) is 13.1. The van der Waals surface area contributed by atoms with Crippen molar-refractivity contribution in [1.29, 1.82) is 0 Å². The maximum Gasteiger partial charge on any atom is 0.338 e. The van der Waals surface area contributed by atoms with E-state index in [1.807, 2.05) is 30.3 Å². The number of benzene rings is 2. The van der Waals surface area contributed by atoms with Crippen molar-refractivity contribution in [2.45, 2.75) is 20.0 Å². The molecule has 23 heavy (non-hydrogen) atoms. The summed E-state index contributed by atoms with van der Waals surface area (Å²) in [7, 11) is 0. The molecule has 0 radical (unpaired) electrons. The van der Waals surface area contributed by atoms with Gasteiger partial charge in [-0.1, -0.05) is 36.4 Å². The van der Waals surface area contributed by atoms with Gasteiger partial charge in [-0.05, 0) is 43.7 Å². The van der Waals surface area contributed by atoms with Gasteiger partial charge in [-0.2, -0.15) is 0 Å². The third-order valence-corrected chi connectivity index (χ3v) is 2.84. The predicted octanol–water partition coefficient (Wildman–Crippen LogP) is 3.87. The number of carbonyl (C=O) groups excluding carboxylic acids is 2. The molecule has 2 aromatic carbocycles. The van der Waals surface area contributed by atoms with Crippen molar-refractivity contribution in [1.82, 2.24) is 0 Å². The van der Waals surface area contributed by atoms with Crippen LogP contribution in [-0.4, -0.2) is 18.0 Å². The van der Waals surface area contributed by atoms with Crippen LogP contribution in [0.25, 0.3) is 6.08 Å². The molecule has 0 spiro atoms. The summed E-state index contributed by atoms with van der Waals surface area (Å²) in [4.78, 5) is 23.6. The Morgan fingerprint density at radius 1 is 1.00 bits per heavy atom. The minimum Gasteiger partial charge on any atom is -0.459 e. The second-order valence-electron chi connectivity index (χ2n) is 5.15. The van der Waals surface area contributed by atoms with Crippen LogP contribution in [0.3, 0.4) is 0 Å². The molecule has 2 aromatic rings. The van der Waals surface area contributed by atoms with Crippen LogP contribution in [0.15, 0.2) is 60.7 Å². The molecule has 0 heterocycles. The van der Waals surface area contributed by atoms with E-state index in [0.29, 0.717) is 11.3 Å². The minimum absolute atomic E-state index is 0.206. The van der Waals surface area contributed by atoms with E-state index in [1.54, 1.807) is 38.1 Å². The van der Waals surface area contributed by atoms with Gasteiger partial charge in [0.05, 0.1) is 11.7 Å². The van der Waals surface area contributed by atoms with Crippen LogP contribution in [0.2, 0.25) is 0 Å². The number of carbonyl (C=O) groups is 2. The lowest BCUT2D eigenvalue weighted by Gasteiger charge is -2.08. The fraction of sp³-hybridized carbons (Fsp3) is 0.158. The van der Waals surface area contributed by atoms with E-state index in [9.17, 15) is 9.59 Å². The van der Waals surface area contributed by atoms with Crippen molar-refractivity contribution >= 4 is 18.0 Å². The predicted molar refractivity (Wildman–Crippen MR) is 88.1 cm³/mol. The lowest BCUT2D eigenvalue weighted by Crippen LogP contribution is -2.12. The Balaban J connectivity index is 2.01. The average Bonchev–Trinajstić information content (AvgIpc) is 2.53. The topological polar surface area (TPSA) is 52.6 Å². The molecule has 0 saturated heterocycles. The van der Waals surface area contributed by atoms with Crippen LogP contribution in [0.5, 0.6) is 5.75 Å². The molecule has 0 aliphatic rings. The molecule has 0 bridgehead atoms. The Morgan fingerprint density at radius 3 is 2.43 bits per heavy atom. The molecule has 4 heteroatoms. The summed E-state index contributed by atoms with van der Waals surface area (Å²) >= 11 is 0. The molecule has 0 N–H and O–H groups in total. The van der Waals surface area contributed by atoms with E-state index < -0.39 is 11.9 Å². The maximum atomic E-state index is 11.8. The van der Waals surface area contributed by atoms with Crippen LogP contribution in [-0.2, 0) is 9.53 Å². The summed E-state index contributed by atoms with van der Waals surface area (Å²) in [5.41, 5.74) is 1.25. The van der Waals surface area contributed by atoms with Crippen molar-refractivity contribution in [2.24, 2.45) is 0 Å². The lowest BCUT2D eigenvalue weighted by atomic mass is 10.2. The van der Waals surface area contributed by atoms with E-state index in [4.69, 9.17) is 9.47 Å². The molecular formula is C19H18O4. The first-order valence-electron chi connectivity index (χ1n) is 7.30. The summed E-state index contributed by atoms with van der Waals surface area (Å²) in [6, 6.07) is 15.8. The number of hydrogen-bond acceptors (Lipinski definition) is 4. The smallest absolute Gasteiger partial charge is 0.338 e. The van der Waals surface area contributed by atoms with Gasteiger partial charge in [0, 0.05) is 6.08 Å². The zero-order valence-electron chi connectivity index (χ0n) is 13.1. The SMILES string of the molecule is CC(C)OC(=O)c1cccc(OC(=O)/C=C/c2ccccc2)c1. The fourth-order valence-electron chi connectivity index (χ4n) is 1.85. The van der Waals surface area contributed by atoms with E-state index in [0.717, 1.165) is 5.56 Å². The van der Waals surface area contributed by atoms with Gasteiger partial charge in [-0.25, -0.2) is 9.59 Å². The molecule has 0 unspecified atom stereocenters. The molecule has 2 rings (SSSR count). The van der Waals surface area contributed by atoms with E-state index in [-0.39, 0.29) is 6.10 Å². The molecule has 0 aliphatic carbocycles. The second-order valence-corrected chi connectivity index (χ2v) is 5.15. The highest BCUT2D eigenvalue weighted by Gasteiger charge is 2.10. The summed E-state index contributed by atoms with van der Waals surface area (Å²) < 4.78 is 10.3. The Labute approximate surface area is 135 Å². The Morgan fingerprint density at radius 2 is 1.74 bits per heavy atom. The van der Waals surface area contributed by atoms with Crippen molar-refractivity contribution < 1.29 is 19.1 Å². The number of hydrogen-bond donors (Lipinski definition) is 0. The third kappa shape index (κ3) is 5.43. The van der Waals surface area contributed by atoms with Crippen LogP contribution >= 0.6 is 0 Å². The van der Waals surface area contributed by atoms with Crippen LogP contribution in [0.4, 0.5) is 0 Å². The Hall–Kier alpha value is -2.88. The molecule has 0 atom stereocenters. The van der Waals surface area contributed by atoms with Crippen LogP contribution < -0.4 is 4.74 Å². The maximum absolute atomic E-state index is 11.8. The lowest BCUT2D eigenvalue weighted by molar-refractivity contribution is -0.128. The molecule has 0 aromatic heterocycles. The zero-order chi connectivity index (χ0) is 16.7. The fourth-order valence-corrected chi connectivity index (χ4v) is 1.85. The Kier molecular flexibility index (Phi) is 5.69. The van der Waals surface area contributed by atoms with Gasteiger partial charge in [0.1, 0.15) is 5.75 Å². The standard InChI is InChI=1S/C19H18O4/c1-14(2)22-19(21)16-9-6-10-17(13-16)23-18(20)12-11-15-7-4-3-5-8-15/h3-14H,1-2H3/b12-11+. The normalized spacial score (nSPS) is 10.7. The van der Waals surface area contributed by atoms with Crippen molar-refractivity contribution in [3.05, 3.63) is 71.8 Å². The first kappa shape index (κ1) is 16.5. The molecule has 0 amide bonds. The molecule has 0 fully saturated rings. The van der Waals surface area contributed by atoms with E-state index in [2.05, 4.69) is 0 Å². The first-order valence-corrected chi connectivity index (χ1v) is 7.30. The van der Waals surface area contributed by atoms with Gasteiger partial charge in [0.15, 0.2) is 0 Å². The largest absolute Gasteiger partial charge is 0.459 e. The molecule has 0 saturated carbocycles. The van der Waals surface area contributed by atoms with E-state index >= 15 is 0 Å². The summed E-state index contributed by atoms with van der Waals surface area (Å²) in [5, 5.41) is 0. The van der Waals surface area contributed by atoms with Crippen molar-refractivity contribution in [3.63, 3.8) is 0 Å². The summed E-state index contributed by atoms with van der Waals surface area (Å²) in [6.45, 7) is 3.55. The molecule has 0 aliphatic heterocycles. The van der Waals surface area contributed by atoms with Gasteiger partial charge < -0.3 is 9.47 Å². The third-order valence-electron chi connectivity index (χ3n) is 2.84. The molecule has 4 nitrogen and oxygen atoms in total. The van der Waals surface area contributed by atoms with Gasteiger partial charge in [0.2, 0.25) is 0 Å². The Bertz CT molecular complexity index is 702. The van der Waals surface area contributed by atoms with Gasteiger partial charge in [-0.15, -0.1) is 0 Å². The molecular weight excluding hydrogens is 292 g/mol. The highest BCUT2D eigenvalue weighted by molar-refractivity contribution is 5.91. The number of rotatable bonds is 5. The van der Waals surface area contributed by atoms with Crippen molar-refractivity contribution in [2.75, 3.05) is 0 Å². The number of ether oxygens (including phenoxy) is 2. The van der Waals surface area contributed by atoms with Crippen LogP contribution in [0.1, 0.15) is 29.8 Å². The number of esters is 2. The van der Waals surface area contributed by atoms with Crippen LogP contribution in [0, 0.1) is 0 Å². The van der Waals surface area contributed by atoms with Gasteiger partial charge in [-0.3, -0.25) is 0 Å². The summed E-state index contributed by atoms with van der Waals surface area (Å²) in [6.07, 6.45) is 2.80. The van der Waals surface area contributed by atoms with Crippen molar-refractivity contribution in [3.8, 4) is 5.75 Å². The highest BCUT2D eigenvalue weighted by Crippen LogP contribution is 2.15. The average molecular weight is 310 g/mol. The summed E-state index contributed by atoms with van der Waals surface area (Å²) in [5.74, 6) is -0.660. The van der Waals surface area contributed by atoms with Gasteiger partial charge in [0.25, 0.3) is 0 Å². The molecule has 118 valence electrons. The van der Waals surface area contributed by atoms with Gasteiger partial charge >= 0.3 is 11.9 Å². The first-order chi connectivity index (χ1) is 11.0. The highest BCUT2D eigenvalue weighted by atomic mass is 16.5. The second kappa shape index (κ2) is 7.94.